The van der Waals surface area contributed by atoms with Crippen LogP contribution in [0.3, 0.4) is 0 Å². The smallest absolute Gasteiger partial charge is 0.387 e. The number of carbonyl (C=O) groups excluding carboxylic acids is 1. The Kier molecular flexibility index (Phi) is 7.52. The number of nitrogens with two attached hydrogens (primary N) is 1. The predicted molar refractivity (Wildman–Crippen MR) is 108 cm³/mol. The van der Waals surface area contributed by atoms with Crippen LogP contribution in [0.4, 0.5) is 8.78 Å². The van der Waals surface area contributed by atoms with Crippen molar-refractivity contribution >= 4 is 22.0 Å². The molecule has 0 bridgehead atoms. The second-order valence-corrected chi connectivity index (χ2v) is 7.93. The first-order chi connectivity index (χ1) is 14.0. The number of hydrogen-bond donors (Lipinski definition) is 1. The van der Waals surface area contributed by atoms with Gasteiger partial charge in [-0.15, -0.1) is 0 Å². The number of methoxy groups -OCH3 is 1. The lowest BCUT2D eigenvalue weighted by Gasteiger charge is -2.24. The molecule has 10 heteroatoms. The molecule has 1 amide bonds. The number of amides is 1. The minimum atomic E-state index is -3.86. The molecule has 7 nitrogen and oxygen atoms in total. The lowest BCUT2D eigenvalue weighted by atomic mass is 10.1. The molecule has 0 saturated carbocycles. The van der Waals surface area contributed by atoms with E-state index in [1.807, 2.05) is 0 Å². The van der Waals surface area contributed by atoms with Gasteiger partial charge in [0.1, 0.15) is 0 Å². The number of rotatable bonds is 8. The maximum Gasteiger partial charge on any atom is 0.387 e. The molecule has 0 heterocycles. The third-order valence-corrected chi connectivity index (χ3v) is 5.33. The zero-order valence-corrected chi connectivity index (χ0v) is 17.4. The second-order valence-electron chi connectivity index (χ2n) is 6.36. The summed E-state index contributed by atoms with van der Waals surface area (Å²) in [6, 6.07) is 9.89. The van der Waals surface area contributed by atoms with Crippen LogP contribution in [0.2, 0.25) is 0 Å². The van der Waals surface area contributed by atoms with Crippen molar-refractivity contribution in [2.24, 2.45) is 5.14 Å². The molecule has 1 atom stereocenters. The van der Waals surface area contributed by atoms with E-state index in [0.717, 1.165) is 0 Å². The van der Waals surface area contributed by atoms with Gasteiger partial charge in [0.25, 0.3) is 0 Å². The molecule has 2 rings (SSSR count). The fourth-order valence-corrected chi connectivity index (χ4v) is 3.20. The highest BCUT2D eigenvalue weighted by Crippen LogP contribution is 2.30. The Labute approximate surface area is 173 Å². The number of hydrogen-bond acceptors (Lipinski definition) is 5. The molecule has 0 aliphatic carbocycles. The molecular formula is C20H22F2N2O5S. The maximum atomic E-state index is 12.5. The molecule has 0 aromatic heterocycles. The van der Waals surface area contributed by atoms with E-state index < -0.39 is 22.7 Å². The Balaban J connectivity index is 2.16. The summed E-state index contributed by atoms with van der Waals surface area (Å²) in [5, 5.41) is 5.15. The lowest BCUT2D eigenvalue weighted by Crippen LogP contribution is -2.28. The fourth-order valence-electron chi connectivity index (χ4n) is 2.63. The van der Waals surface area contributed by atoms with Crippen LogP contribution in [0.25, 0.3) is 6.08 Å². The normalized spacial score (nSPS) is 12.8. The molecule has 0 aliphatic rings. The van der Waals surface area contributed by atoms with E-state index in [-0.39, 0.29) is 22.3 Å². The van der Waals surface area contributed by atoms with Gasteiger partial charge < -0.3 is 14.4 Å². The van der Waals surface area contributed by atoms with Gasteiger partial charge in [-0.05, 0) is 48.4 Å². The Morgan fingerprint density at radius 2 is 1.87 bits per heavy atom. The summed E-state index contributed by atoms with van der Waals surface area (Å²) in [5.74, 6) is -0.363. The number of primary sulfonamides is 1. The number of likely N-dealkylation sites (N-methyl/N-ethyl adjacent to an activating group) is 1. The van der Waals surface area contributed by atoms with Crippen molar-refractivity contribution in [2.45, 2.75) is 24.5 Å². The summed E-state index contributed by atoms with van der Waals surface area (Å²) in [6.45, 7) is -1.24. The summed E-state index contributed by atoms with van der Waals surface area (Å²) in [6.07, 6.45) is 2.81. The fraction of sp³-hybridized carbons (Fsp3) is 0.250. The monoisotopic (exact) mass is 440 g/mol. The third kappa shape index (κ3) is 6.01. The average Bonchev–Trinajstić information content (AvgIpc) is 2.70. The van der Waals surface area contributed by atoms with Gasteiger partial charge in [0.2, 0.25) is 15.9 Å². The van der Waals surface area contributed by atoms with Gasteiger partial charge in [0.05, 0.1) is 18.0 Å². The third-order valence-electron chi connectivity index (χ3n) is 4.42. The highest BCUT2D eigenvalue weighted by atomic mass is 32.2. The largest absolute Gasteiger partial charge is 0.493 e. The van der Waals surface area contributed by atoms with Crippen LogP contribution < -0.4 is 14.6 Å². The van der Waals surface area contributed by atoms with Gasteiger partial charge in [0, 0.05) is 13.1 Å². The van der Waals surface area contributed by atoms with E-state index in [1.54, 1.807) is 26.1 Å². The highest BCUT2D eigenvalue weighted by molar-refractivity contribution is 7.89. The van der Waals surface area contributed by atoms with Gasteiger partial charge >= 0.3 is 6.61 Å². The van der Waals surface area contributed by atoms with Gasteiger partial charge in [-0.1, -0.05) is 18.2 Å². The quantitative estimate of drug-likeness (QED) is 0.636. The number of carbonyl (C=O) groups is 1. The number of nitrogens with zero attached hydrogens (tertiary/aromatic N) is 1. The number of halogens is 2. The summed E-state index contributed by atoms with van der Waals surface area (Å²) in [7, 11) is -0.968. The molecule has 30 heavy (non-hydrogen) atoms. The van der Waals surface area contributed by atoms with Gasteiger partial charge in [0.15, 0.2) is 11.5 Å². The number of sulfonamides is 1. The summed E-state index contributed by atoms with van der Waals surface area (Å²) < 4.78 is 57.3. The summed E-state index contributed by atoms with van der Waals surface area (Å²) in [4.78, 5) is 13.9. The van der Waals surface area contributed by atoms with Crippen LogP contribution in [-0.2, 0) is 14.8 Å². The van der Waals surface area contributed by atoms with Gasteiger partial charge in [-0.25, -0.2) is 13.6 Å². The molecule has 0 spiro atoms. The molecule has 1 unspecified atom stereocenters. The van der Waals surface area contributed by atoms with Crippen LogP contribution in [0, 0.1) is 0 Å². The van der Waals surface area contributed by atoms with Crippen molar-refractivity contribution in [2.75, 3.05) is 14.2 Å². The molecule has 0 saturated heterocycles. The zero-order chi connectivity index (χ0) is 22.5. The van der Waals surface area contributed by atoms with E-state index in [2.05, 4.69) is 4.74 Å². The van der Waals surface area contributed by atoms with Gasteiger partial charge in [-0.2, -0.15) is 8.78 Å². The first-order valence-corrected chi connectivity index (χ1v) is 10.3. The van der Waals surface area contributed by atoms with Crippen molar-refractivity contribution in [1.29, 1.82) is 0 Å². The maximum absolute atomic E-state index is 12.5. The first-order valence-electron chi connectivity index (χ1n) is 8.73. The number of ether oxygens (including phenoxy) is 2. The first kappa shape index (κ1) is 23.3. The van der Waals surface area contributed by atoms with Crippen LogP contribution in [-0.4, -0.2) is 40.0 Å². The van der Waals surface area contributed by atoms with Crippen LogP contribution in [0.1, 0.15) is 24.1 Å². The number of benzene rings is 2. The van der Waals surface area contributed by atoms with Crippen LogP contribution >= 0.6 is 0 Å². The van der Waals surface area contributed by atoms with Gasteiger partial charge in [-0.3, -0.25) is 4.79 Å². The molecule has 0 aliphatic heterocycles. The second kappa shape index (κ2) is 9.68. The Bertz CT molecular complexity index is 1040. The topological polar surface area (TPSA) is 98.9 Å². The minimum Gasteiger partial charge on any atom is -0.493 e. The van der Waals surface area contributed by atoms with E-state index in [1.165, 1.54) is 54.5 Å². The predicted octanol–water partition coefficient (Wildman–Crippen LogP) is 3.18. The van der Waals surface area contributed by atoms with E-state index >= 15 is 0 Å². The SMILES string of the molecule is COc1cc(/C=C/C(=O)N(C)C(C)c2cccc(S(N)(=O)=O)c2)ccc1OC(F)F. The Hall–Kier alpha value is -2.98. The molecule has 2 aromatic rings. The Morgan fingerprint density at radius 1 is 1.17 bits per heavy atom. The van der Waals surface area contributed by atoms with Crippen LogP contribution in [0.5, 0.6) is 11.5 Å². The summed E-state index contributed by atoms with van der Waals surface area (Å²) in [5.41, 5.74) is 1.14. The Morgan fingerprint density at radius 3 is 2.47 bits per heavy atom. The van der Waals surface area contributed by atoms with Crippen molar-refractivity contribution in [3.05, 3.63) is 59.7 Å². The molecule has 0 radical (unpaired) electrons. The van der Waals surface area contributed by atoms with Crippen LogP contribution in [0.15, 0.2) is 53.4 Å². The van der Waals surface area contributed by atoms with Crippen molar-refractivity contribution in [3.8, 4) is 11.5 Å². The lowest BCUT2D eigenvalue weighted by molar-refractivity contribution is -0.126. The average molecular weight is 440 g/mol. The van der Waals surface area contributed by atoms with E-state index in [9.17, 15) is 22.0 Å². The van der Waals surface area contributed by atoms with E-state index in [0.29, 0.717) is 11.1 Å². The van der Waals surface area contributed by atoms with Crippen molar-refractivity contribution < 1.29 is 31.5 Å². The molecule has 0 fully saturated rings. The molecule has 2 aromatic carbocycles. The number of alkyl halides is 2. The summed E-state index contributed by atoms with van der Waals surface area (Å²) >= 11 is 0. The zero-order valence-electron chi connectivity index (χ0n) is 16.6. The minimum absolute atomic E-state index is 0.0403. The molecule has 162 valence electrons. The standard InChI is InChI=1S/C20H22F2N2O5S/c1-13(15-5-4-6-16(12-15)30(23,26)27)24(2)19(25)10-8-14-7-9-17(29-20(21)22)18(11-14)28-3/h4-13,20H,1-3H3,(H2,23,26,27)/b10-8+. The molecular weight excluding hydrogens is 418 g/mol. The van der Waals surface area contributed by atoms with E-state index in [4.69, 9.17) is 9.88 Å². The molecule has 2 N–H and O–H groups in total. The highest BCUT2D eigenvalue weighted by Gasteiger charge is 2.18. The van der Waals surface area contributed by atoms with Crippen molar-refractivity contribution in [3.63, 3.8) is 0 Å². The van der Waals surface area contributed by atoms with Crippen molar-refractivity contribution in [1.82, 2.24) is 4.90 Å².